The van der Waals surface area contributed by atoms with Crippen molar-refractivity contribution in [2.45, 2.75) is 18.9 Å². The zero-order valence-corrected chi connectivity index (χ0v) is 11.6. The number of rotatable bonds is 3. The number of benzene rings is 1. The molecule has 1 aliphatic heterocycles. The topological polar surface area (TPSA) is 80.6 Å². The lowest BCUT2D eigenvalue weighted by Gasteiger charge is -2.10. The molecule has 1 aromatic heterocycles. The summed E-state index contributed by atoms with van der Waals surface area (Å²) in [5, 5.41) is 6.76. The first kappa shape index (κ1) is 13.6. The van der Waals surface area contributed by atoms with Gasteiger partial charge in [-0.2, -0.15) is 0 Å². The van der Waals surface area contributed by atoms with Crippen LogP contribution in [0.3, 0.4) is 0 Å². The highest BCUT2D eigenvalue weighted by Crippen LogP contribution is 2.24. The minimum atomic E-state index is -0.521. The molecule has 2 aromatic rings. The van der Waals surface area contributed by atoms with Crippen molar-refractivity contribution in [2.75, 3.05) is 19.0 Å². The third-order valence-corrected chi connectivity index (χ3v) is 3.55. The maximum Gasteiger partial charge on any atom is 0.373 e. The summed E-state index contributed by atoms with van der Waals surface area (Å²) >= 11 is 0. The van der Waals surface area contributed by atoms with E-state index in [0.717, 1.165) is 24.8 Å². The minimum absolute atomic E-state index is 0.0384. The van der Waals surface area contributed by atoms with Crippen LogP contribution in [0.25, 0.3) is 11.0 Å². The van der Waals surface area contributed by atoms with E-state index in [1.165, 1.54) is 7.11 Å². The summed E-state index contributed by atoms with van der Waals surface area (Å²) in [6.45, 7) is 0.876. The molecule has 6 nitrogen and oxygen atoms in total. The van der Waals surface area contributed by atoms with E-state index < -0.39 is 5.97 Å². The van der Waals surface area contributed by atoms with Crippen molar-refractivity contribution >= 4 is 28.5 Å². The Balaban J connectivity index is 1.80. The average molecular weight is 288 g/mol. The van der Waals surface area contributed by atoms with Gasteiger partial charge in [-0.05, 0) is 43.7 Å². The van der Waals surface area contributed by atoms with Gasteiger partial charge in [-0.15, -0.1) is 0 Å². The van der Waals surface area contributed by atoms with Crippen molar-refractivity contribution in [3.63, 3.8) is 0 Å². The van der Waals surface area contributed by atoms with Crippen LogP contribution < -0.4 is 10.6 Å². The van der Waals surface area contributed by atoms with Crippen molar-refractivity contribution < 1.29 is 18.7 Å². The van der Waals surface area contributed by atoms with E-state index in [1.54, 1.807) is 24.3 Å². The number of furan rings is 1. The van der Waals surface area contributed by atoms with Gasteiger partial charge in [0, 0.05) is 11.1 Å². The summed E-state index contributed by atoms with van der Waals surface area (Å²) < 4.78 is 10.00. The van der Waals surface area contributed by atoms with Crippen LogP contribution >= 0.6 is 0 Å². The highest BCUT2D eigenvalue weighted by Gasteiger charge is 2.22. The molecule has 0 saturated carbocycles. The molecule has 1 amide bonds. The predicted octanol–water partition coefficient (Wildman–Crippen LogP) is 1.91. The lowest BCUT2D eigenvalue weighted by Crippen LogP contribution is -2.35. The fourth-order valence-corrected chi connectivity index (χ4v) is 2.46. The minimum Gasteiger partial charge on any atom is -0.463 e. The molecule has 0 bridgehead atoms. The van der Waals surface area contributed by atoms with Crippen molar-refractivity contribution in [1.82, 2.24) is 5.32 Å². The SMILES string of the molecule is COC(=O)c1cc2cc(NC(=O)C3CCCN3)ccc2o1. The molecule has 0 radical (unpaired) electrons. The van der Waals surface area contributed by atoms with E-state index in [2.05, 4.69) is 15.4 Å². The first-order valence-corrected chi connectivity index (χ1v) is 6.83. The molecule has 1 aliphatic rings. The number of amides is 1. The van der Waals surface area contributed by atoms with Gasteiger partial charge in [0.15, 0.2) is 0 Å². The Morgan fingerprint density at radius 3 is 2.95 bits per heavy atom. The molecular weight excluding hydrogens is 272 g/mol. The summed E-state index contributed by atoms with van der Waals surface area (Å²) in [5.74, 6) is -0.413. The van der Waals surface area contributed by atoms with E-state index in [9.17, 15) is 9.59 Å². The number of esters is 1. The molecule has 1 unspecified atom stereocenters. The van der Waals surface area contributed by atoms with Gasteiger partial charge >= 0.3 is 5.97 Å². The highest BCUT2D eigenvalue weighted by molar-refractivity contribution is 5.98. The largest absolute Gasteiger partial charge is 0.463 e. The van der Waals surface area contributed by atoms with Crippen LogP contribution in [0.5, 0.6) is 0 Å². The maximum absolute atomic E-state index is 12.0. The number of nitrogens with one attached hydrogen (secondary N) is 2. The van der Waals surface area contributed by atoms with Crippen molar-refractivity contribution in [3.8, 4) is 0 Å². The van der Waals surface area contributed by atoms with E-state index in [4.69, 9.17) is 4.42 Å². The van der Waals surface area contributed by atoms with Gasteiger partial charge in [-0.25, -0.2) is 4.79 Å². The third-order valence-electron chi connectivity index (χ3n) is 3.55. The quantitative estimate of drug-likeness (QED) is 0.843. The average Bonchev–Trinajstić information content (AvgIpc) is 3.15. The van der Waals surface area contributed by atoms with Crippen molar-refractivity contribution in [3.05, 3.63) is 30.0 Å². The number of methoxy groups -OCH3 is 1. The molecule has 1 saturated heterocycles. The second kappa shape index (κ2) is 5.57. The fraction of sp³-hybridized carbons (Fsp3) is 0.333. The van der Waals surface area contributed by atoms with Crippen molar-refractivity contribution in [1.29, 1.82) is 0 Å². The molecule has 0 spiro atoms. The molecule has 6 heteroatoms. The first-order chi connectivity index (χ1) is 10.2. The molecule has 2 heterocycles. The smallest absolute Gasteiger partial charge is 0.373 e. The second-order valence-electron chi connectivity index (χ2n) is 4.99. The van der Waals surface area contributed by atoms with Gasteiger partial charge in [0.1, 0.15) is 5.58 Å². The first-order valence-electron chi connectivity index (χ1n) is 6.83. The zero-order valence-electron chi connectivity index (χ0n) is 11.6. The van der Waals surface area contributed by atoms with Crippen LogP contribution in [0.2, 0.25) is 0 Å². The van der Waals surface area contributed by atoms with Crippen LogP contribution in [-0.2, 0) is 9.53 Å². The summed E-state index contributed by atoms with van der Waals surface area (Å²) in [5.41, 5.74) is 1.26. The molecule has 21 heavy (non-hydrogen) atoms. The number of anilines is 1. The van der Waals surface area contributed by atoms with Gasteiger partial charge in [0.05, 0.1) is 13.2 Å². The summed E-state index contributed by atoms with van der Waals surface area (Å²) in [4.78, 5) is 23.5. The molecule has 1 atom stereocenters. The Hall–Kier alpha value is -2.34. The molecular formula is C15H16N2O4. The Morgan fingerprint density at radius 2 is 2.24 bits per heavy atom. The number of hydrogen-bond donors (Lipinski definition) is 2. The second-order valence-corrected chi connectivity index (χ2v) is 4.99. The van der Waals surface area contributed by atoms with Gasteiger partial charge < -0.3 is 19.8 Å². The van der Waals surface area contributed by atoms with E-state index in [-0.39, 0.29) is 17.7 Å². The zero-order chi connectivity index (χ0) is 14.8. The van der Waals surface area contributed by atoms with Gasteiger partial charge in [-0.1, -0.05) is 0 Å². The normalized spacial score (nSPS) is 17.9. The highest BCUT2D eigenvalue weighted by atomic mass is 16.5. The van der Waals surface area contributed by atoms with Crippen LogP contribution in [0.4, 0.5) is 5.69 Å². The lowest BCUT2D eigenvalue weighted by atomic mass is 10.2. The summed E-state index contributed by atoms with van der Waals surface area (Å²) in [6.07, 6.45) is 1.87. The van der Waals surface area contributed by atoms with Crippen LogP contribution in [-0.4, -0.2) is 31.6 Å². The fourth-order valence-electron chi connectivity index (χ4n) is 2.46. The third kappa shape index (κ3) is 2.75. The van der Waals surface area contributed by atoms with Gasteiger partial charge in [0.2, 0.25) is 11.7 Å². The van der Waals surface area contributed by atoms with Gasteiger partial charge in [0.25, 0.3) is 0 Å². The Labute approximate surface area is 121 Å². The molecule has 0 aliphatic carbocycles. The van der Waals surface area contributed by atoms with E-state index in [1.807, 2.05) is 0 Å². The molecule has 110 valence electrons. The monoisotopic (exact) mass is 288 g/mol. The van der Waals surface area contributed by atoms with E-state index >= 15 is 0 Å². The number of carbonyl (C=O) groups is 2. The maximum atomic E-state index is 12.0. The van der Waals surface area contributed by atoms with Crippen molar-refractivity contribution in [2.24, 2.45) is 0 Å². The lowest BCUT2D eigenvalue weighted by molar-refractivity contribution is -0.117. The number of ether oxygens (including phenoxy) is 1. The van der Waals surface area contributed by atoms with Crippen LogP contribution in [0.15, 0.2) is 28.7 Å². The number of hydrogen-bond acceptors (Lipinski definition) is 5. The Morgan fingerprint density at radius 1 is 1.38 bits per heavy atom. The molecule has 3 rings (SSSR count). The standard InChI is InChI=1S/C15H16N2O4/c1-20-15(19)13-8-9-7-10(4-5-12(9)21-13)17-14(18)11-3-2-6-16-11/h4-5,7-8,11,16H,2-3,6H2,1H3,(H,17,18). The van der Waals surface area contributed by atoms with E-state index in [0.29, 0.717) is 11.3 Å². The Bertz CT molecular complexity index is 686. The molecule has 2 N–H and O–H groups in total. The Kier molecular flexibility index (Phi) is 3.62. The number of carbonyl (C=O) groups excluding carboxylic acids is 2. The van der Waals surface area contributed by atoms with Gasteiger partial charge in [-0.3, -0.25) is 4.79 Å². The van der Waals surface area contributed by atoms with Crippen LogP contribution in [0.1, 0.15) is 23.4 Å². The molecule has 1 aromatic carbocycles. The predicted molar refractivity (Wildman–Crippen MR) is 77.2 cm³/mol. The molecule has 1 fully saturated rings. The number of fused-ring (bicyclic) bond motifs is 1. The summed E-state index contributed by atoms with van der Waals surface area (Å²) in [7, 11) is 1.30. The summed E-state index contributed by atoms with van der Waals surface area (Å²) in [6, 6.07) is 6.72. The van der Waals surface area contributed by atoms with Crippen LogP contribution in [0, 0.1) is 0 Å².